The van der Waals surface area contributed by atoms with E-state index in [1.54, 1.807) is 0 Å². The van der Waals surface area contributed by atoms with Crippen LogP contribution in [0.1, 0.15) is 56.7 Å². The fourth-order valence-electron chi connectivity index (χ4n) is 4.04. The highest BCUT2D eigenvalue weighted by molar-refractivity contribution is 5.26. The molecule has 0 bridgehead atoms. The van der Waals surface area contributed by atoms with Crippen molar-refractivity contribution in [2.75, 3.05) is 0 Å². The lowest BCUT2D eigenvalue weighted by Gasteiger charge is -2.32. The summed E-state index contributed by atoms with van der Waals surface area (Å²) in [5, 5.41) is 7.47. The number of nitrogens with one attached hydrogen (secondary N) is 2. The third-order valence-corrected chi connectivity index (χ3v) is 6.08. The van der Waals surface area contributed by atoms with Crippen LogP contribution in [0.25, 0.3) is 0 Å². The van der Waals surface area contributed by atoms with Crippen LogP contribution in [0.15, 0.2) is 91.3 Å². The zero-order valence-electron chi connectivity index (χ0n) is 20.6. The summed E-state index contributed by atoms with van der Waals surface area (Å²) in [6, 6.07) is 19.8. The molecule has 2 aromatic carbocycles. The van der Waals surface area contributed by atoms with E-state index in [9.17, 15) is 0 Å². The molecule has 2 N–H and O–H groups in total. The molecule has 0 amide bonds. The number of allylic oxidation sites excluding steroid dienone is 2. The number of aryl methyl sites for hydroxylation is 1. The molecule has 0 spiro atoms. The summed E-state index contributed by atoms with van der Waals surface area (Å²) in [4.78, 5) is 0. The highest BCUT2D eigenvalue weighted by atomic mass is 15.0. The van der Waals surface area contributed by atoms with E-state index in [1.807, 2.05) is 0 Å². The van der Waals surface area contributed by atoms with E-state index in [4.69, 9.17) is 0 Å². The number of rotatable bonds is 14. The van der Waals surface area contributed by atoms with Gasteiger partial charge in [-0.2, -0.15) is 0 Å². The maximum atomic E-state index is 4.47. The van der Waals surface area contributed by atoms with Gasteiger partial charge in [0.1, 0.15) is 0 Å². The minimum atomic E-state index is 0.139. The normalized spacial score (nSPS) is 13.6. The summed E-state index contributed by atoms with van der Waals surface area (Å²) in [7, 11) is 0. The molecule has 0 aliphatic heterocycles. The minimum absolute atomic E-state index is 0.139. The van der Waals surface area contributed by atoms with E-state index < -0.39 is 0 Å². The molecule has 0 aromatic heterocycles. The summed E-state index contributed by atoms with van der Waals surface area (Å²) in [6.45, 7) is 21.7. The topological polar surface area (TPSA) is 24.1 Å². The van der Waals surface area contributed by atoms with Gasteiger partial charge in [0.15, 0.2) is 0 Å². The predicted octanol–water partition coefficient (Wildman–Crippen LogP) is 7.13. The van der Waals surface area contributed by atoms with Crippen LogP contribution < -0.4 is 10.6 Å². The highest BCUT2D eigenvalue weighted by Crippen LogP contribution is 2.19. The Balaban J connectivity index is 2.08. The van der Waals surface area contributed by atoms with Crippen LogP contribution in [0.4, 0.5) is 0 Å². The maximum Gasteiger partial charge on any atom is 0.0676 e. The van der Waals surface area contributed by atoms with Gasteiger partial charge in [-0.3, -0.25) is 0 Å². The largest absolute Gasteiger partial charge is 0.384 e. The van der Waals surface area contributed by atoms with Crippen LogP contribution in [0.3, 0.4) is 0 Å². The SMILES string of the molecule is C=C(C)CCC(Cc1ccccc1)NC(=C)C(NC(=C)Cc1cccc(C)c1)C(C)CC. The molecule has 2 nitrogen and oxygen atoms in total. The van der Waals surface area contributed by atoms with Crippen molar-refractivity contribution in [3.63, 3.8) is 0 Å². The summed E-state index contributed by atoms with van der Waals surface area (Å²) < 4.78 is 0. The first-order valence-corrected chi connectivity index (χ1v) is 11.9. The Bertz CT molecular complexity index is 881. The second-order valence-corrected chi connectivity index (χ2v) is 9.33. The van der Waals surface area contributed by atoms with Crippen LogP contribution >= 0.6 is 0 Å². The molecule has 0 aliphatic rings. The molecular formula is C30H42N2. The van der Waals surface area contributed by atoms with Gasteiger partial charge in [0.2, 0.25) is 0 Å². The van der Waals surface area contributed by atoms with Gasteiger partial charge in [-0.25, -0.2) is 0 Å². The summed E-state index contributed by atoms with van der Waals surface area (Å²) in [5.74, 6) is 0.447. The van der Waals surface area contributed by atoms with Crippen LogP contribution in [0.5, 0.6) is 0 Å². The van der Waals surface area contributed by atoms with Gasteiger partial charge in [0, 0.05) is 23.9 Å². The van der Waals surface area contributed by atoms with E-state index in [0.717, 1.165) is 43.5 Å². The van der Waals surface area contributed by atoms with Gasteiger partial charge >= 0.3 is 0 Å². The summed E-state index contributed by atoms with van der Waals surface area (Å²) in [6.07, 6.45) is 4.93. The van der Waals surface area contributed by atoms with Crippen molar-refractivity contribution in [1.29, 1.82) is 0 Å². The van der Waals surface area contributed by atoms with Gasteiger partial charge in [-0.15, -0.1) is 6.58 Å². The molecule has 172 valence electrons. The molecule has 3 atom stereocenters. The van der Waals surface area contributed by atoms with Gasteiger partial charge in [0.05, 0.1) is 6.04 Å². The third kappa shape index (κ3) is 8.78. The van der Waals surface area contributed by atoms with E-state index in [2.05, 4.69) is 113 Å². The Morgan fingerprint density at radius 2 is 1.62 bits per heavy atom. The smallest absolute Gasteiger partial charge is 0.0676 e. The van der Waals surface area contributed by atoms with Crippen LogP contribution in [0, 0.1) is 12.8 Å². The lowest BCUT2D eigenvalue weighted by Crippen LogP contribution is -2.44. The second-order valence-electron chi connectivity index (χ2n) is 9.33. The van der Waals surface area contributed by atoms with Gasteiger partial charge in [0.25, 0.3) is 0 Å². The fourth-order valence-corrected chi connectivity index (χ4v) is 4.04. The fraction of sp³-hybridized carbons (Fsp3) is 0.400. The molecule has 2 rings (SSSR count). The summed E-state index contributed by atoms with van der Waals surface area (Å²) >= 11 is 0. The molecule has 0 saturated heterocycles. The van der Waals surface area contributed by atoms with Crippen molar-refractivity contribution in [1.82, 2.24) is 10.6 Å². The van der Waals surface area contributed by atoms with Crippen molar-refractivity contribution >= 4 is 0 Å². The van der Waals surface area contributed by atoms with Crippen molar-refractivity contribution in [2.24, 2.45) is 5.92 Å². The van der Waals surface area contributed by atoms with Crippen molar-refractivity contribution in [3.8, 4) is 0 Å². The van der Waals surface area contributed by atoms with E-state index in [-0.39, 0.29) is 6.04 Å². The monoisotopic (exact) mass is 430 g/mol. The Hall–Kier alpha value is -2.74. The van der Waals surface area contributed by atoms with E-state index in [0.29, 0.717) is 12.0 Å². The Morgan fingerprint density at radius 3 is 2.25 bits per heavy atom. The zero-order chi connectivity index (χ0) is 23.5. The molecule has 0 saturated carbocycles. The Labute approximate surface area is 196 Å². The third-order valence-electron chi connectivity index (χ3n) is 6.08. The van der Waals surface area contributed by atoms with Crippen molar-refractivity contribution in [3.05, 3.63) is 108 Å². The Morgan fingerprint density at radius 1 is 0.938 bits per heavy atom. The van der Waals surface area contributed by atoms with Crippen molar-refractivity contribution < 1.29 is 0 Å². The standard InChI is InChI=1S/C30H42N2/c1-8-24(5)30(31-25(6)20-28-16-12-13-23(4)19-28)26(7)32-29(18-17-22(2)3)21-27-14-10-9-11-15-27/h9-16,19,24,29-32H,2,6-8,17-18,20-21H2,1,3-5H3. The second kappa shape index (κ2) is 13.0. The van der Waals surface area contributed by atoms with Gasteiger partial charge in [-0.1, -0.05) is 99.2 Å². The molecule has 2 heteroatoms. The van der Waals surface area contributed by atoms with Gasteiger partial charge < -0.3 is 10.6 Å². The van der Waals surface area contributed by atoms with Crippen LogP contribution in [-0.2, 0) is 12.8 Å². The molecule has 0 aliphatic carbocycles. The molecular weight excluding hydrogens is 388 g/mol. The first-order chi connectivity index (χ1) is 15.3. The molecule has 0 fully saturated rings. The lowest BCUT2D eigenvalue weighted by molar-refractivity contribution is 0.395. The average molecular weight is 431 g/mol. The molecule has 3 unspecified atom stereocenters. The molecule has 0 radical (unpaired) electrons. The quantitative estimate of drug-likeness (QED) is 0.312. The first-order valence-electron chi connectivity index (χ1n) is 11.9. The predicted molar refractivity (Wildman–Crippen MR) is 141 cm³/mol. The van der Waals surface area contributed by atoms with E-state index >= 15 is 0 Å². The van der Waals surface area contributed by atoms with Crippen LogP contribution in [-0.4, -0.2) is 12.1 Å². The Kier molecular flexibility index (Phi) is 10.3. The molecule has 0 heterocycles. The van der Waals surface area contributed by atoms with E-state index in [1.165, 1.54) is 22.3 Å². The molecule has 2 aromatic rings. The number of hydrogen-bond acceptors (Lipinski definition) is 2. The maximum absolute atomic E-state index is 4.47. The van der Waals surface area contributed by atoms with Crippen LogP contribution in [0.2, 0.25) is 0 Å². The van der Waals surface area contributed by atoms with Gasteiger partial charge in [-0.05, 0) is 50.2 Å². The van der Waals surface area contributed by atoms with Crippen molar-refractivity contribution in [2.45, 2.75) is 71.9 Å². The first kappa shape index (κ1) is 25.5. The lowest BCUT2D eigenvalue weighted by atomic mass is 9.94. The summed E-state index contributed by atoms with van der Waals surface area (Å²) in [5.41, 5.74) is 7.21. The average Bonchev–Trinajstić information content (AvgIpc) is 2.76. The highest BCUT2D eigenvalue weighted by Gasteiger charge is 2.22. The number of benzene rings is 2. The minimum Gasteiger partial charge on any atom is -0.384 e. The number of hydrogen-bond donors (Lipinski definition) is 2. The molecule has 32 heavy (non-hydrogen) atoms. The zero-order valence-corrected chi connectivity index (χ0v) is 20.6.